The molecule has 0 radical (unpaired) electrons. The fourth-order valence-electron chi connectivity index (χ4n) is 0.968. The fraction of sp³-hybridized carbons (Fsp3) is 0.800. The lowest BCUT2D eigenvalue weighted by Gasteiger charge is -2.17. The van der Waals surface area contributed by atoms with Crippen LogP contribution >= 0.6 is 0 Å². The van der Waals surface area contributed by atoms with Crippen LogP contribution in [-0.2, 0) is 4.79 Å². The van der Waals surface area contributed by atoms with Gasteiger partial charge in [0.15, 0.2) is 0 Å². The van der Waals surface area contributed by atoms with Crippen LogP contribution in [0.4, 0.5) is 4.79 Å². The van der Waals surface area contributed by atoms with Crippen molar-refractivity contribution in [3.8, 4) is 0 Å². The second-order valence-corrected chi connectivity index (χ2v) is 3.98. The highest BCUT2D eigenvalue weighted by atomic mass is 16.4. The Kier molecular flexibility index (Phi) is 6.49. The van der Waals surface area contributed by atoms with E-state index in [-0.39, 0.29) is 19.0 Å². The molecule has 0 aromatic carbocycles. The number of nitrogens with one attached hydrogen (secondary N) is 1. The molecule has 5 heteroatoms. The normalized spacial score (nSPS) is 10.1. The van der Waals surface area contributed by atoms with Gasteiger partial charge in [0, 0.05) is 20.1 Å². The number of amides is 2. The number of urea groups is 1. The van der Waals surface area contributed by atoms with Gasteiger partial charge in [0.05, 0.1) is 6.42 Å². The second kappa shape index (κ2) is 7.09. The molecule has 0 aliphatic rings. The summed E-state index contributed by atoms with van der Waals surface area (Å²) < 4.78 is 0. The average Bonchev–Trinajstić information content (AvgIpc) is 2.13. The van der Waals surface area contributed by atoms with Crippen molar-refractivity contribution < 1.29 is 14.7 Å². The van der Waals surface area contributed by atoms with E-state index in [0.29, 0.717) is 12.5 Å². The molecule has 0 atom stereocenters. The molecule has 0 spiro atoms. The lowest BCUT2D eigenvalue weighted by molar-refractivity contribution is -0.137. The fourth-order valence-corrected chi connectivity index (χ4v) is 0.968. The van der Waals surface area contributed by atoms with E-state index in [1.807, 2.05) is 0 Å². The van der Waals surface area contributed by atoms with Crippen molar-refractivity contribution in [1.29, 1.82) is 0 Å². The third-order valence-electron chi connectivity index (χ3n) is 2.01. The molecule has 0 aromatic rings. The maximum Gasteiger partial charge on any atom is 0.317 e. The highest BCUT2D eigenvalue weighted by Gasteiger charge is 2.09. The Morgan fingerprint density at radius 2 is 2.00 bits per heavy atom. The van der Waals surface area contributed by atoms with E-state index in [1.165, 1.54) is 4.90 Å². The van der Waals surface area contributed by atoms with Gasteiger partial charge in [0.1, 0.15) is 0 Å². The molecule has 0 fully saturated rings. The number of carboxylic acids is 1. The maximum atomic E-state index is 11.4. The zero-order chi connectivity index (χ0) is 11.8. The number of carbonyl (C=O) groups excluding carboxylic acids is 1. The molecule has 0 aliphatic heterocycles. The van der Waals surface area contributed by atoms with Crippen LogP contribution in [0.25, 0.3) is 0 Å². The van der Waals surface area contributed by atoms with Crippen LogP contribution in [0.1, 0.15) is 26.7 Å². The van der Waals surface area contributed by atoms with E-state index in [2.05, 4.69) is 19.2 Å². The molecule has 0 aliphatic carbocycles. The first-order chi connectivity index (χ1) is 6.93. The average molecular weight is 216 g/mol. The van der Waals surface area contributed by atoms with Gasteiger partial charge in [0.2, 0.25) is 0 Å². The summed E-state index contributed by atoms with van der Waals surface area (Å²) in [7, 11) is 1.59. The molecule has 0 rings (SSSR count). The topological polar surface area (TPSA) is 69.6 Å². The van der Waals surface area contributed by atoms with Crippen LogP contribution in [0.3, 0.4) is 0 Å². The Morgan fingerprint density at radius 3 is 2.47 bits per heavy atom. The van der Waals surface area contributed by atoms with Crippen molar-refractivity contribution in [1.82, 2.24) is 10.2 Å². The molecule has 15 heavy (non-hydrogen) atoms. The summed E-state index contributed by atoms with van der Waals surface area (Å²) in [5.74, 6) is -0.341. The van der Waals surface area contributed by atoms with E-state index in [4.69, 9.17) is 5.11 Å². The molecular formula is C10H20N2O3. The standard InChI is InChI=1S/C10H20N2O3/c1-8(2)4-6-11-10(15)12(3)7-5-9(13)14/h8H,4-7H2,1-3H3,(H,11,15)(H,13,14). The molecule has 2 N–H and O–H groups in total. The summed E-state index contributed by atoms with van der Waals surface area (Å²) in [5.41, 5.74) is 0. The van der Waals surface area contributed by atoms with E-state index < -0.39 is 5.97 Å². The van der Waals surface area contributed by atoms with Crippen LogP contribution in [0, 0.1) is 5.92 Å². The van der Waals surface area contributed by atoms with Gasteiger partial charge in [-0.2, -0.15) is 0 Å². The molecule has 0 aromatic heterocycles. The Labute approximate surface area is 90.5 Å². The summed E-state index contributed by atoms with van der Waals surface area (Å²) in [5, 5.41) is 11.2. The van der Waals surface area contributed by atoms with Gasteiger partial charge in [-0.05, 0) is 12.3 Å². The van der Waals surface area contributed by atoms with Crippen molar-refractivity contribution in [2.75, 3.05) is 20.1 Å². The smallest absolute Gasteiger partial charge is 0.317 e. The minimum atomic E-state index is -0.892. The van der Waals surface area contributed by atoms with Crippen LogP contribution in [0.15, 0.2) is 0 Å². The Balaban J connectivity index is 3.64. The lowest BCUT2D eigenvalue weighted by Crippen LogP contribution is -2.39. The van der Waals surface area contributed by atoms with Crippen molar-refractivity contribution in [2.45, 2.75) is 26.7 Å². The summed E-state index contributed by atoms with van der Waals surface area (Å²) in [4.78, 5) is 23.0. The number of rotatable bonds is 6. The van der Waals surface area contributed by atoms with E-state index in [0.717, 1.165) is 6.42 Å². The number of aliphatic carboxylic acids is 1. The third kappa shape index (κ3) is 7.78. The number of carboxylic acid groups (broad SMARTS) is 1. The van der Waals surface area contributed by atoms with Crippen LogP contribution < -0.4 is 5.32 Å². The van der Waals surface area contributed by atoms with Gasteiger partial charge >= 0.3 is 12.0 Å². The first-order valence-electron chi connectivity index (χ1n) is 5.14. The Morgan fingerprint density at radius 1 is 1.40 bits per heavy atom. The van der Waals surface area contributed by atoms with Gasteiger partial charge in [-0.1, -0.05) is 13.8 Å². The molecule has 0 saturated heterocycles. The summed E-state index contributed by atoms with van der Waals surface area (Å²) in [6.45, 7) is 5.04. The number of carbonyl (C=O) groups is 2. The Bertz CT molecular complexity index is 217. The van der Waals surface area contributed by atoms with E-state index in [9.17, 15) is 9.59 Å². The number of hydrogen-bond acceptors (Lipinski definition) is 2. The zero-order valence-electron chi connectivity index (χ0n) is 9.62. The minimum Gasteiger partial charge on any atom is -0.481 e. The summed E-state index contributed by atoms with van der Waals surface area (Å²) >= 11 is 0. The number of nitrogens with zero attached hydrogens (tertiary/aromatic N) is 1. The lowest BCUT2D eigenvalue weighted by atomic mass is 10.1. The molecule has 0 heterocycles. The van der Waals surface area contributed by atoms with Gasteiger partial charge in [-0.15, -0.1) is 0 Å². The minimum absolute atomic E-state index is 0.0197. The van der Waals surface area contributed by atoms with Crippen LogP contribution in [0.2, 0.25) is 0 Å². The largest absolute Gasteiger partial charge is 0.481 e. The highest BCUT2D eigenvalue weighted by molar-refractivity contribution is 5.74. The first kappa shape index (κ1) is 13.7. The number of hydrogen-bond donors (Lipinski definition) is 2. The van der Waals surface area contributed by atoms with Gasteiger partial charge in [0.25, 0.3) is 0 Å². The van der Waals surface area contributed by atoms with Crippen molar-refractivity contribution in [3.05, 3.63) is 0 Å². The first-order valence-corrected chi connectivity index (χ1v) is 5.14. The van der Waals surface area contributed by atoms with Gasteiger partial charge in [-0.25, -0.2) is 4.79 Å². The van der Waals surface area contributed by atoms with Crippen LogP contribution in [-0.4, -0.2) is 42.1 Å². The maximum absolute atomic E-state index is 11.4. The molecule has 0 bridgehead atoms. The van der Waals surface area contributed by atoms with Gasteiger partial charge in [-0.3, -0.25) is 4.79 Å². The van der Waals surface area contributed by atoms with Crippen LogP contribution in [0.5, 0.6) is 0 Å². The van der Waals surface area contributed by atoms with Crippen molar-refractivity contribution in [2.24, 2.45) is 5.92 Å². The van der Waals surface area contributed by atoms with Crippen molar-refractivity contribution >= 4 is 12.0 Å². The van der Waals surface area contributed by atoms with E-state index in [1.54, 1.807) is 7.05 Å². The quantitative estimate of drug-likeness (QED) is 0.699. The summed E-state index contributed by atoms with van der Waals surface area (Å²) in [6, 6.07) is -0.211. The molecular weight excluding hydrogens is 196 g/mol. The van der Waals surface area contributed by atoms with Crippen molar-refractivity contribution in [3.63, 3.8) is 0 Å². The zero-order valence-corrected chi connectivity index (χ0v) is 9.62. The predicted molar refractivity (Wildman–Crippen MR) is 57.7 cm³/mol. The molecule has 0 unspecified atom stereocenters. The molecule has 88 valence electrons. The predicted octanol–water partition coefficient (Wildman–Crippen LogP) is 1.15. The second-order valence-electron chi connectivity index (χ2n) is 3.98. The van der Waals surface area contributed by atoms with Gasteiger partial charge < -0.3 is 15.3 Å². The monoisotopic (exact) mass is 216 g/mol. The van der Waals surface area contributed by atoms with E-state index >= 15 is 0 Å². The SMILES string of the molecule is CC(C)CCNC(=O)N(C)CCC(=O)O. The third-order valence-corrected chi connectivity index (χ3v) is 2.01. The molecule has 0 saturated carbocycles. The summed E-state index contributed by atoms with van der Waals surface area (Å²) in [6.07, 6.45) is 0.909. The Hall–Kier alpha value is -1.26. The highest BCUT2D eigenvalue weighted by Crippen LogP contribution is 1.97. The molecule has 2 amide bonds. The molecule has 5 nitrogen and oxygen atoms in total.